The number of amides is 1. The summed E-state index contributed by atoms with van der Waals surface area (Å²) in [5, 5.41) is 3.52. The Labute approximate surface area is 46.1 Å². The number of nitrogens with zero attached hydrogens (tertiary/aromatic N) is 1. The van der Waals surface area contributed by atoms with Crippen molar-refractivity contribution in [3.05, 3.63) is 12.3 Å². The van der Waals surface area contributed by atoms with Crippen LogP contribution in [0.3, 0.4) is 0 Å². The Morgan fingerprint density at radius 1 is 1.88 bits per heavy atom. The monoisotopic (exact) mass is 111 g/mol. The highest BCUT2D eigenvalue weighted by Gasteiger charge is 2.18. The lowest BCUT2D eigenvalue weighted by atomic mass is 10.4. The molecule has 1 radical (unpaired) electrons. The van der Waals surface area contributed by atoms with Crippen LogP contribution in [-0.2, 0) is 4.79 Å². The Balaban J connectivity index is 2.72. The second-order valence-electron chi connectivity index (χ2n) is 1.32. The van der Waals surface area contributed by atoms with Crippen LogP contribution in [0.5, 0.6) is 0 Å². The normalized spacial score (nSPS) is 15.2. The van der Waals surface area contributed by atoms with E-state index in [0.717, 1.165) is 0 Å². The van der Waals surface area contributed by atoms with Gasteiger partial charge < -0.3 is 5.73 Å². The van der Waals surface area contributed by atoms with Gasteiger partial charge in [0.15, 0.2) is 5.10 Å². The highest BCUT2D eigenvalue weighted by Crippen LogP contribution is 1.77. The van der Waals surface area contributed by atoms with E-state index in [2.05, 4.69) is 10.5 Å². The van der Waals surface area contributed by atoms with Crippen molar-refractivity contribution < 1.29 is 4.79 Å². The number of nitrogens with one attached hydrogen (secondary N) is 1. The van der Waals surface area contributed by atoms with Gasteiger partial charge in [0, 0.05) is 6.08 Å². The van der Waals surface area contributed by atoms with Crippen LogP contribution in [0.15, 0.2) is 12.3 Å². The average molecular weight is 111 g/mol. The molecule has 41 valence electrons. The van der Waals surface area contributed by atoms with Crippen LogP contribution in [0.4, 0.5) is 0 Å². The van der Waals surface area contributed by atoms with E-state index >= 15 is 0 Å². The third kappa shape index (κ3) is 0.676. The lowest BCUT2D eigenvalue weighted by molar-refractivity contribution is -0.111. The Bertz CT molecular complexity index is 170. The molecule has 0 saturated heterocycles. The molecule has 0 aliphatic carbocycles. The molecule has 0 atom stereocenters. The molecule has 0 aromatic heterocycles. The van der Waals surface area contributed by atoms with Crippen LogP contribution in [-0.4, -0.2) is 11.6 Å². The number of carbonyl (C=O) groups excluding carboxylic acids is 1. The third-order valence-corrected chi connectivity index (χ3v) is 0.753. The minimum atomic E-state index is -0.508. The lowest BCUT2D eigenvalue weighted by Crippen LogP contribution is -2.25. The first-order chi connectivity index (χ1) is 3.80. The summed E-state index contributed by atoms with van der Waals surface area (Å²) in [7, 11) is 0. The molecular formula is C4H5N3O+. The molecule has 0 bridgehead atoms. The number of hydrazone groups is 1. The number of rotatable bonds is 1. The number of nitrogens with two attached hydrogens (primary N) is 1. The van der Waals surface area contributed by atoms with Crippen molar-refractivity contribution in [1.82, 2.24) is 10.5 Å². The van der Waals surface area contributed by atoms with Crippen molar-refractivity contribution in [3.8, 4) is 0 Å². The molecule has 1 heterocycles. The lowest BCUT2D eigenvalue weighted by Gasteiger charge is -1.69. The van der Waals surface area contributed by atoms with Crippen LogP contribution in [0.25, 0.3) is 0 Å². The molecule has 0 saturated carbocycles. The molecule has 4 heteroatoms. The zero-order valence-corrected chi connectivity index (χ0v) is 4.09. The summed E-state index contributed by atoms with van der Waals surface area (Å²) in [5.74, 6) is -0.508. The van der Waals surface area contributed by atoms with E-state index in [9.17, 15) is 4.79 Å². The molecule has 1 aliphatic rings. The summed E-state index contributed by atoms with van der Waals surface area (Å²) in [6.07, 6.45) is 3.06. The Morgan fingerprint density at radius 3 is 2.88 bits per heavy atom. The molecule has 3 N–H and O–H groups in total. The van der Waals surface area contributed by atoms with Gasteiger partial charge in [-0.15, -0.1) is 5.43 Å². The van der Waals surface area contributed by atoms with Gasteiger partial charge in [-0.05, 0) is 0 Å². The predicted molar refractivity (Wildman–Crippen MR) is 28.6 cm³/mol. The number of primary amides is 1. The van der Waals surface area contributed by atoms with Gasteiger partial charge in [-0.3, -0.25) is 4.79 Å². The van der Waals surface area contributed by atoms with Crippen molar-refractivity contribution in [2.24, 2.45) is 5.73 Å². The van der Waals surface area contributed by atoms with Crippen molar-refractivity contribution in [1.29, 1.82) is 0 Å². The first-order valence-electron chi connectivity index (χ1n) is 2.10. The molecule has 1 aliphatic heterocycles. The van der Waals surface area contributed by atoms with Gasteiger partial charge >= 0.3 is 11.6 Å². The first-order valence-corrected chi connectivity index (χ1v) is 2.10. The predicted octanol–water partition coefficient (Wildman–Crippen LogP) is -1.72. The zero-order chi connectivity index (χ0) is 5.98. The molecule has 0 fully saturated rings. The summed E-state index contributed by atoms with van der Waals surface area (Å²) in [4.78, 5) is 10.2. The maximum absolute atomic E-state index is 10.2. The summed E-state index contributed by atoms with van der Waals surface area (Å²) >= 11 is 0. The van der Waals surface area contributed by atoms with Crippen molar-refractivity contribution in [2.45, 2.75) is 0 Å². The average Bonchev–Trinajstić information content (AvgIpc) is 2.12. The van der Waals surface area contributed by atoms with E-state index in [0.29, 0.717) is 0 Å². The first kappa shape index (κ1) is 4.83. The summed E-state index contributed by atoms with van der Waals surface area (Å²) in [6, 6.07) is 0. The van der Waals surface area contributed by atoms with Gasteiger partial charge in [-0.2, -0.15) is 0 Å². The number of carbonyl (C=O) groups is 1. The van der Waals surface area contributed by atoms with Crippen LogP contribution in [0.2, 0.25) is 0 Å². The van der Waals surface area contributed by atoms with E-state index in [1.165, 1.54) is 6.08 Å². The highest BCUT2D eigenvalue weighted by molar-refractivity contribution is 6.42. The molecule has 0 aromatic carbocycles. The minimum absolute atomic E-state index is 0.269. The van der Waals surface area contributed by atoms with Crippen LogP contribution < -0.4 is 16.3 Å². The van der Waals surface area contributed by atoms with Crippen molar-refractivity contribution in [2.75, 3.05) is 0 Å². The maximum atomic E-state index is 10.2. The van der Waals surface area contributed by atoms with E-state index < -0.39 is 5.91 Å². The molecule has 8 heavy (non-hydrogen) atoms. The fourth-order valence-corrected chi connectivity index (χ4v) is 0.398. The van der Waals surface area contributed by atoms with Crippen molar-refractivity contribution >= 4 is 11.6 Å². The van der Waals surface area contributed by atoms with Gasteiger partial charge in [-0.25, -0.2) is 0 Å². The molecule has 0 aromatic rings. The molecule has 0 unspecified atom stereocenters. The Hall–Kier alpha value is -1.32. The fourth-order valence-electron chi connectivity index (χ4n) is 0.398. The smallest absolute Gasteiger partial charge is 0.360 e. The Morgan fingerprint density at radius 2 is 2.62 bits per heavy atom. The minimum Gasteiger partial charge on any atom is -0.360 e. The van der Waals surface area contributed by atoms with E-state index in [1.807, 2.05) is 0 Å². The molecular weight excluding hydrogens is 106 g/mol. The van der Waals surface area contributed by atoms with Gasteiger partial charge in [0.2, 0.25) is 0 Å². The molecule has 0 spiro atoms. The van der Waals surface area contributed by atoms with E-state index in [-0.39, 0.29) is 5.71 Å². The standard InChI is InChI=1S/C4H5N3O/c5-4(8)3-1-2-6-7-3/h1-2,6H,(H2,5,8)/q+1. The van der Waals surface area contributed by atoms with Gasteiger partial charge in [0.05, 0.1) is 6.20 Å². The molecule has 1 rings (SSSR count). The van der Waals surface area contributed by atoms with E-state index in [1.54, 1.807) is 6.20 Å². The number of hydrogen-bond donors (Lipinski definition) is 2. The quantitative estimate of drug-likeness (QED) is 0.422. The topological polar surface area (TPSA) is 69.2 Å². The summed E-state index contributed by atoms with van der Waals surface area (Å²) in [6.45, 7) is 0. The third-order valence-electron chi connectivity index (χ3n) is 0.753. The second kappa shape index (κ2) is 1.65. The van der Waals surface area contributed by atoms with Crippen LogP contribution in [0, 0.1) is 0 Å². The number of hydrogen-bond acceptors (Lipinski definition) is 3. The molecule has 4 nitrogen and oxygen atoms in total. The highest BCUT2D eigenvalue weighted by atomic mass is 16.1. The SMILES string of the molecule is NC(=O)C1=[N+]NC=C1. The Kier molecular flexibility index (Phi) is 0.997. The van der Waals surface area contributed by atoms with E-state index in [4.69, 9.17) is 5.73 Å². The van der Waals surface area contributed by atoms with Crippen molar-refractivity contribution in [3.63, 3.8) is 0 Å². The summed E-state index contributed by atoms with van der Waals surface area (Å²) in [5.41, 5.74) is 7.57. The molecule has 1 amide bonds. The van der Waals surface area contributed by atoms with Gasteiger partial charge in [0.25, 0.3) is 0 Å². The fraction of sp³-hybridized carbons (Fsp3) is 0. The van der Waals surface area contributed by atoms with Gasteiger partial charge in [0.1, 0.15) is 0 Å². The van der Waals surface area contributed by atoms with Gasteiger partial charge in [-0.1, -0.05) is 0 Å². The zero-order valence-electron chi connectivity index (χ0n) is 4.09. The summed E-state index contributed by atoms with van der Waals surface area (Å²) < 4.78 is 0. The second-order valence-corrected chi connectivity index (χ2v) is 1.32. The maximum Gasteiger partial charge on any atom is 0.375 e. The van der Waals surface area contributed by atoms with Crippen LogP contribution in [0.1, 0.15) is 0 Å². The largest absolute Gasteiger partial charge is 0.375 e. The van der Waals surface area contributed by atoms with Crippen LogP contribution >= 0.6 is 0 Å².